The van der Waals surface area contributed by atoms with E-state index in [0.717, 1.165) is 17.4 Å². The van der Waals surface area contributed by atoms with Crippen LogP contribution < -0.4 is 5.32 Å². The highest BCUT2D eigenvalue weighted by Crippen LogP contribution is 2.19. The molecule has 0 spiro atoms. The van der Waals surface area contributed by atoms with Gasteiger partial charge in [-0.3, -0.25) is 4.79 Å². The maximum atomic E-state index is 10.9. The fraction of sp³-hybridized carbons (Fsp3) is 0.545. The van der Waals surface area contributed by atoms with Gasteiger partial charge in [0.25, 0.3) is 0 Å². The van der Waals surface area contributed by atoms with Gasteiger partial charge in [0.1, 0.15) is 0 Å². The number of nitrogens with one attached hydrogen (secondary N) is 1. The predicted molar refractivity (Wildman–Crippen MR) is 71.2 cm³/mol. The lowest BCUT2D eigenvalue weighted by Crippen LogP contribution is -2.30. The average molecular weight is 322 g/mol. The third-order valence-electron chi connectivity index (χ3n) is 2.18. The van der Waals surface area contributed by atoms with Crippen LogP contribution in [0.5, 0.6) is 0 Å². The van der Waals surface area contributed by atoms with Crippen LogP contribution in [0.2, 0.25) is 0 Å². The van der Waals surface area contributed by atoms with E-state index in [1.165, 1.54) is 12.0 Å². The zero-order valence-corrected chi connectivity index (χ0v) is 12.0. The summed E-state index contributed by atoms with van der Waals surface area (Å²) in [6.45, 7) is 1.19. The number of esters is 1. The summed E-state index contributed by atoms with van der Waals surface area (Å²) in [6, 6.07) is 2.08. The number of halogens is 1. The van der Waals surface area contributed by atoms with Crippen molar-refractivity contribution in [3.05, 3.63) is 20.8 Å². The molecule has 2 N–H and O–H groups in total. The third kappa shape index (κ3) is 6.16. The SMILES string of the molecule is COC(=O)CC(O)CNCCc1cc(Br)cs1. The van der Waals surface area contributed by atoms with Crippen molar-refractivity contribution in [1.82, 2.24) is 5.32 Å². The number of thiophene rings is 1. The maximum Gasteiger partial charge on any atom is 0.308 e. The zero-order chi connectivity index (χ0) is 12.7. The first-order valence-electron chi connectivity index (χ1n) is 5.30. The van der Waals surface area contributed by atoms with Crippen LogP contribution in [0.3, 0.4) is 0 Å². The van der Waals surface area contributed by atoms with Crippen LogP contribution in [0.15, 0.2) is 15.9 Å². The van der Waals surface area contributed by atoms with Gasteiger partial charge in [0.2, 0.25) is 0 Å². The van der Waals surface area contributed by atoms with Crippen LogP contribution in [-0.2, 0) is 16.0 Å². The van der Waals surface area contributed by atoms with Crippen molar-refractivity contribution >= 4 is 33.2 Å². The van der Waals surface area contributed by atoms with Gasteiger partial charge in [0, 0.05) is 27.8 Å². The monoisotopic (exact) mass is 321 g/mol. The van der Waals surface area contributed by atoms with Gasteiger partial charge in [0.05, 0.1) is 19.6 Å². The molecule has 6 heteroatoms. The second-order valence-corrected chi connectivity index (χ2v) is 5.53. The first-order valence-corrected chi connectivity index (χ1v) is 6.97. The molecule has 0 bridgehead atoms. The summed E-state index contributed by atoms with van der Waals surface area (Å²) in [7, 11) is 1.32. The summed E-state index contributed by atoms with van der Waals surface area (Å²) in [6.07, 6.45) is 0.271. The number of aliphatic hydroxyl groups excluding tert-OH is 1. The van der Waals surface area contributed by atoms with Gasteiger partial charge < -0.3 is 15.2 Å². The van der Waals surface area contributed by atoms with E-state index in [0.29, 0.717) is 6.54 Å². The highest BCUT2D eigenvalue weighted by Gasteiger charge is 2.10. The Kier molecular flexibility index (Phi) is 6.72. The summed E-state index contributed by atoms with van der Waals surface area (Å²) in [5, 5.41) is 14.6. The first-order chi connectivity index (χ1) is 8.11. The Balaban J connectivity index is 2.09. The highest BCUT2D eigenvalue weighted by atomic mass is 79.9. The molecule has 0 aliphatic heterocycles. The zero-order valence-electron chi connectivity index (χ0n) is 9.61. The minimum absolute atomic E-state index is 0.0358. The van der Waals surface area contributed by atoms with Gasteiger partial charge in [-0.05, 0) is 28.4 Å². The lowest BCUT2D eigenvalue weighted by atomic mass is 10.2. The predicted octanol–water partition coefficient (Wildman–Crippen LogP) is 1.57. The smallest absolute Gasteiger partial charge is 0.308 e. The molecule has 0 radical (unpaired) electrons. The van der Waals surface area contributed by atoms with E-state index in [-0.39, 0.29) is 12.4 Å². The Morgan fingerprint density at radius 1 is 1.71 bits per heavy atom. The lowest BCUT2D eigenvalue weighted by molar-refractivity contribution is -0.142. The fourth-order valence-electron chi connectivity index (χ4n) is 1.31. The molecule has 0 saturated heterocycles. The van der Waals surface area contributed by atoms with Crippen molar-refractivity contribution in [3.63, 3.8) is 0 Å². The second kappa shape index (κ2) is 7.81. The summed E-state index contributed by atoms with van der Waals surface area (Å²) >= 11 is 5.10. The van der Waals surface area contributed by atoms with E-state index in [4.69, 9.17) is 0 Å². The van der Waals surface area contributed by atoms with Gasteiger partial charge >= 0.3 is 5.97 Å². The molecule has 0 aliphatic carbocycles. The number of aliphatic hydroxyl groups is 1. The largest absolute Gasteiger partial charge is 0.469 e. The van der Waals surface area contributed by atoms with Crippen molar-refractivity contribution < 1.29 is 14.6 Å². The molecule has 96 valence electrons. The number of carbonyl (C=O) groups excluding carboxylic acids is 1. The molecule has 1 heterocycles. The molecule has 17 heavy (non-hydrogen) atoms. The number of hydrogen-bond donors (Lipinski definition) is 2. The van der Waals surface area contributed by atoms with Gasteiger partial charge in [-0.15, -0.1) is 11.3 Å². The molecule has 4 nitrogen and oxygen atoms in total. The summed E-state index contributed by atoms with van der Waals surface area (Å²) in [5.74, 6) is -0.388. The number of methoxy groups -OCH3 is 1. The first kappa shape index (κ1) is 14.6. The minimum atomic E-state index is -0.683. The Bertz CT molecular complexity index is 356. The number of rotatable bonds is 7. The summed E-state index contributed by atoms with van der Waals surface area (Å²) < 4.78 is 5.57. The summed E-state index contributed by atoms with van der Waals surface area (Å²) in [4.78, 5) is 12.1. The second-order valence-electron chi connectivity index (χ2n) is 3.62. The quantitative estimate of drug-likeness (QED) is 0.591. The van der Waals surface area contributed by atoms with Crippen molar-refractivity contribution in [2.75, 3.05) is 20.2 Å². The van der Waals surface area contributed by atoms with Crippen LogP contribution in [-0.4, -0.2) is 37.4 Å². The van der Waals surface area contributed by atoms with E-state index in [9.17, 15) is 9.90 Å². The summed E-state index contributed by atoms with van der Waals surface area (Å²) in [5.41, 5.74) is 0. The molecule has 1 aromatic heterocycles. The molecule has 1 unspecified atom stereocenters. The van der Waals surface area contributed by atoms with Gasteiger partial charge in [0.15, 0.2) is 0 Å². The van der Waals surface area contributed by atoms with Gasteiger partial charge in [-0.25, -0.2) is 0 Å². The molecule has 1 atom stereocenters. The molecule has 0 aliphatic rings. The normalized spacial score (nSPS) is 12.4. The van der Waals surface area contributed by atoms with Crippen LogP contribution in [0.25, 0.3) is 0 Å². The van der Waals surface area contributed by atoms with Gasteiger partial charge in [-0.1, -0.05) is 0 Å². The van der Waals surface area contributed by atoms with Crippen LogP contribution >= 0.6 is 27.3 Å². The van der Waals surface area contributed by atoms with E-state index in [2.05, 4.69) is 32.0 Å². The molecule has 0 aromatic carbocycles. The number of carbonyl (C=O) groups is 1. The lowest BCUT2D eigenvalue weighted by Gasteiger charge is -2.09. The average Bonchev–Trinajstić information content (AvgIpc) is 2.70. The van der Waals surface area contributed by atoms with Crippen LogP contribution in [0.4, 0.5) is 0 Å². The Hall–Kier alpha value is -0.430. The van der Waals surface area contributed by atoms with Crippen LogP contribution in [0.1, 0.15) is 11.3 Å². The van der Waals surface area contributed by atoms with Crippen molar-refractivity contribution in [3.8, 4) is 0 Å². The van der Waals surface area contributed by atoms with E-state index >= 15 is 0 Å². The third-order valence-corrected chi connectivity index (χ3v) is 3.94. The van der Waals surface area contributed by atoms with Crippen LogP contribution in [0, 0.1) is 0 Å². The molecule has 0 fully saturated rings. The van der Waals surface area contributed by atoms with E-state index in [1.54, 1.807) is 11.3 Å². The molecule has 1 aromatic rings. The number of hydrogen-bond acceptors (Lipinski definition) is 5. The van der Waals surface area contributed by atoms with Crippen molar-refractivity contribution in [2.45, 2.75) is 18.9 Å². The maximum absolute atomic E-state index is 10.9. The molecular weight excluding hydrogens is 306 g/mol. The number of ether oxygens (including phenoxy) is 1. The standard InChI is InChI=1S/C11H16BrNO3S/c1-16-11(15)5-9(14)6-13-3-2-10-4-8(12)7-17-10/h4,7,9,13-14H,2-3,5-6H2,1H3. The Morgan fingerprint density at radius 2 is 2.47 bits per heavy atom. The highest BCUT2D eigenvalue weighted by molar-refractivity contribution is 9.10. The van der Waals surface area contributed by atoms with E-state index in [1.807, 2.05) is 5.38 Å². The van der Waals surface area contributed by atoms with Gasteiger partial charge in [-0.2, -0.15) is 0 Å². The van der Waals surface area contributed by atoms with E-state index < -0.39 is 6.10 Å². The molecular formula is C11H16BrNO3S. The fourth-order valence-corrected chi connectivity index (χ4v) is 2.77. The van der Waals surface area contributed by atoms with Crippen molar-refractivity contribution in [1.29, 1.82) is 0 Å². The Morgan fingerprint density at radius 3 is 3.06 bits per heavy atom. The topological polar surface area (TPSA) is 58.6 Å². The Labute approximate surface area is 113 Å². The minimum Gasteiger partial charge on any atom is -0.469 e. The molecule has 0 amide bonds. The molecule has 0 saturated carbocycles. The molecule has 1 rings (SSSR count). The van der Waals surface area contributed by atoms with Crippen molar-refractivity contribution in [2.24, 2.45) is 0 Å².